The van der Waals surface area contributed by atoms with Crippen molar-refractivity contribution in [3.63, 3.8) is 0 Å². The second kappa shape index (κ2) is 10.2. The summed E-state index contributed by atoms with van der Waals surface area (Å²) in [6.45, 7) is 2.82. The number of benzene rings is 3. The fourth-order valence-corrected chi connectivity index (χ4v) is 3.95. The van der Waals surface area contributed by atoms with Crippen molar-refractivity contribution in [3.05, 3.63) is 111 Å². The summed E-state index contributed by atoms with van der Waals surface area (Å²) in [6, 6.07) is 18.8. The number of nitrogens with zero attached hydrogens (tertiary/aromatic N) is 2. The van der Waals surface area contributed by atoms with Crippen LogP contribution in [0.2, 0.25) is 10.0 Å². The Bertz CT molecular complexity index is 1300. The average Bonchev–Trinajstić information content (AvgIpc) is 3.23. The predicted octanol–water partition coefficient (Wildman–Crippen LogP) is 5.64. The molecule has 7 heteroatoms. The number of rotatable bonds is 7. The number of hydrogen-bond acceptors (Lipinski definition) is 3. The second-order valence-corrected chi connectivity index (χ2v) is 8.62. The molecular formula is C26H23Cl2N3O2. The van der Waals surface area contributed by atoms with Gasteiger partial charge in [-0.3, -0.25) is 4.79 Å². The molecule has 33 heavy (non-hydrogen) atoms. The molecule has 0 saturated carbocycles. The molecule has 0 radical (unpaired) electrons. The lowest BCUT2D eigenvalue weighted by atomic mass is 9.98. The van der Waals surface area contributed by atoms with Crippen LogP contribution in [-0.4, -0.2) is 20.6 Å². The maximum Gasteiger partial charge on any atom is 0.251 e. The first kappa shape index (κ1) is 23.1. The van der Waals surface area contributed by atoms with Crippen LogP contribution in [0, 0.1) is 6.92 Å². The van der Waals surface area contributed by atoms with E-state index in [9.17, 15) is 9.90 Å². The quantitative estimate of drug-likeness (QED) is 0.360. The van der Waals surface area contributed by atoms with Gasteiger partial charge < -0.3 is 15.0 Å². The number of aliphatic hydroxyl groups is 1. The number of imidazole rings is 1. The van der Waals surface area contributed by atoms with Crippen molar-refractivity contribution >= 4 is 29.1 Å². The molecule has 3 aromatic carbocycles. The van der Waals surface area contributed by atoms with E-state index in [1.54, 1.807) is 18.3 Å². The molecule has 4 aromatic rings. The normalized spacial score (nSPS) is 10.9. The third-order valence-corrected chi connectivity index (χ3v) is 6.15. The molecule has 4 rings (SSSR count). The summed E-state index contributed by atoms with van der Waals surface area (Å²) in [5, 5.41) is 13.4. The topological polar surface area (TPSA) is 67.2 Å². The van der Waals surface area contributed by atoms with Crippen molar-refractivity contribution in [2.75, 3.05) is 0 Å². The molecule has 0 aliphatic carbocycles. The molecule has 168 valence electrons. The van der Waals surface area contributed by atoms with Gasteiger partial charge in [0.1, 0.15) is 5.82 Å². The van der Waals surface area contributed by atoms with E-state index < -0.39 is 0 Å². The van der Waals surface area contributed by atoms with Crippen molar-refractivity contribution in [2.45, 2.75) is 26.6 Å². The van der Waals surface area contributed by atoms with E-state index >= 15 is 0 Å². The number of nitrogens with one attached hydrogen (secondary N) is 1. The molecule has 0 spiro atoms. The number of aliphatic hydroxyl groups excluding tert-OH is 1. The number of carbonyl (C=O) groups is 1. The Balaban J connectivity index is 1.64. The highest BCUT2D eigenvalue weighted by molar-refractivity contribution is 6.42. The number of aromatic nitrogens is 2. The van der Waals surface area contributed by atoms with Gasteiger partial charge in [0, 0.05) is 31.0 Å². The molecule has 0 aliphatic rings. The summed E-state index contributed by atoms with van der Waals surface area (Å²) < 4.78 is 2.03. The molecule has 0 unspecified atom stereocenters. The van der Waals surface area contributed by atoms with Crippen LogP contribution in [0.4, 0.5) is 0 Å². The highest BCUT2D eigenvalue weighted by Crippen LogP contribution is 2.25. The van der Waals surface area contributed by atoms with Crippen molar-refractivity contribution in [2.24, 2.45) is 0 Å². The lowest BCUT2D eigenvalue weighted by Crippen LogP contribution is -2.23. The molecule has 1 amide bonds. The summed E-state index contributed by atoms with van der Waals surface area (Å²) in [4.78, 5) is 17.4. The smallest absolute Gasteiger partial charge is 0.251 e. The van der Waals surface area contributed by atoms with Crippen LogP contribution in [0.5, 0.6) is 0 Å². The summed E-state index contributed by atoms with van der Waals surface area (Å²) in [5.74, 6) is 0.707. The Morgan fingerprint density at radius 2 is 1.79 bits per heavy atom. The zero-order valence-electron chi connectivity index (χ0n) is 18.1. The number of amides is 1. The van der Waals surface area contributed by atoms with E-state index in [1.165, 1.54) is 0 Å². The highest BCUT2D eigenvalue weighted by atomic mass is 35.5. The van der Waals surface area contributed by atoms with Gasteiger partial charge in [-0.1, -0.05) is 47.5 Å². The Labute approximate surface area is 202 Å². The van der Waals surface area contributed by atoms with Gasteiger partial charge in [-0.15, -0.1) is 0 Å². The highest BCUT2D eigenvalue weighted by Gasteiger charge is 2.12. The molecule has 2 N–H and O–H groups in total. The van der Waals surface area contributed by atoms with Gasteiger partial charge in [0.2, 0.25) is 0 Å². The van der Waals surface area contributed by atoms with Gasteiger partial charge >= 0.3 is 0 Å². The van der Waals surface area contributed by atoms with Gasteiger partial charge in [-0.2, -0.15) is 0 Å². The molecule has 0 fully saturated rings. The van der Waals surface area contributed by atoms with Crippen molar-refractivity contribution in [3.8, 4) is 11.1 Å². The predicted molar refractivity (Wildman–Crippen MR) is 131 cm³/mol. The lowest BCUT2D eigenvalue weighted by molar-refractivity contribution is 0.0951. The van der Waals surface area contributed by atoms with Gasteiger partial charge in [-0.25, -0.2) is 4.98 Å². The molecule has 0 bridgehead atoms. The van der Waals surface area contributed by atoms with Crippen molar-refractivity contribution < 1.29 is 9.90 Å². The summed E-state index contributed by atoms with van der Waals surface area (Å²) >= 11 is 12.1. The maximum atomic E-state index is 13.1. The maximum absolute atomic E-state index is 13.1. The zero-order chi connectivity index (χ0) is 23.4. The van der Waals surface area contributed by atoms with Crippen LogP contribution in [0.1, 0.15) is 32.9 Å². The monoisotopic (exact) mass is 479 g/mol. The largest absolute Gasteiger partial charge is 0.392 e. The Morgan fingerprint density at radius 3 is 2.52 bits per heavy atom. The first-order valence-corrected chi connectivity index (χ1v) is 11.2. The molecule has 5 nitrogen and oxygen atoms in total. The number of aryl methyl sites for hydroxylation is 1. The molecule has 0 aliphatic heterocycles. The van der Waals surface area contributed by atoms with Crippen LogP contribution in [0.3, 0.4) is 0 Å². The lowest BCUT2D eigenvalue weighted by Gasteiger charge is -2.13. The first-order valence-electron chi connectivity index (χ1n) is 10.5. The third kappa shape index (κ3) is 5.63. The Kier molecular flexibility index (Phi) is 7.14. The van der Waals surface area contributed by atoms with Gasteiger partial charge in [0.15, 0.2) is 0 Å². The summed E-state index contributed by atoms with van der Waals surface area (Å²) in [7, 11) is 0. The second-order valence-electron chi connectivity index (χ2n) is 7.81. The van der Waals surface area contributed by atoms with E-state index in [0.29, 0.717) is 28.7 Å². The van der Waals surface area contributed by atoms with Crippen molar-refractivity contribution in [1.82, 2.24) is 14.9 Å². The van der Waals surface area contributed by atoms with Crippen LogP contribution in [0.25, 0.3) is 11.1 Å². The van der Waals surface area contributed by atoms with Crippen LogP contribution in [-0.2, 0) is 19.7 Å². The van der Waals surface area contributed by atoms with Gasteiger partial charge in [0.05, 0.1) is 16.7 Å². The van der Waals surface area contributed by atoms with Crippen LogP contribution < -0.4 is 5.32 Å². The molecule has 1 heterocycles. The van der Waals surface area contributed by atoms with Gasteiger partial charge in [0.25, 0.3) is 5.91 Å². The standard InChI is InChI=1S/C26H23Cl2N3O2/c1-17-29-7-8-31(17)15-20-10-22(21-4-2-3-19(9-21)16-32)13-23(11-20)26(33)30-14-18-5-6-24(27)25(28)12-18/h2-13,32H,14-16H2,1H3,(H,30,33). The molecule has 1 aromatic heterocycles. The fraction of sp³-hybridized carbons (Fsp3) is 0.154. The zero-order valence-corrected chi connectivity index (χ0v) is 19.6. The minimum absolute atomic E-state index is 0.0429. The average molecular weight is 480 g/mol. The fourth-order valence-electron chi connectivity index (χ4n) is 3.63. The van der Waals surface area contributed by atoms with Crippen LogP contribution in [0.15, 0.2) is 73.1 Å². The molecule has 0 saturated heterocycles. The van der Waals surface area contributed by atoms with E-state index in [-0.39, 0.29) is 12.5 Å². The molecular weight excluding hydrogens is 457 g/mol. The Morgan fingerprint density at radius 1 is 0.970 bits per heavy atom. The number of carbonyl (C=O) groups excluding carboxylic acids is 1. The summed E-state index contributed by atoms with van der Waals surface area (Å²) in [6.07, 6.45) is 3.67. The van der Waals surface area contributed by atoms with E-state index in [4.69, 9.17) is 23.2 Å². The van der Waals surface area contributed by atoms with Crippen molar-refractivity contribution in [1.29, 1.82) is 0 Å². The van der Waals surface area contributed by atoms with Gasteiger partial charge in [-0.05, 0) is 71.1 Å². The molecule has 0 atom stereocenters. The first-order chi connectivity index (χ1) is 15.9. The van der Waals surface area contributed by atoms with E-state index in [1.807, 2.05) is 60.2 Å². The van der Waals surface area contributed by atoms with E-state index in [2.05, 4.69) is 16.4 Å². The van der Waals surface area contributed by atoms with E-state index in [0.717, 1.165) is 33.6 Å². The Hall–Kier alpha value is -3.12. The van der Waals surface area contributed by atoms with Crippen LogP contribution >= 0.6 is 23.2 Å². The minimum Gasteiger partial charge on any atom is -0.392 e. The minimum atomic E-state index is -0.190. The third-order valence-electron chi connectivity index (χ3n) is 5.41. The number of halogens is 2. The SMILES string of the molecule is Cc1nccn1Cc1cc(C(=O)NCc2ccc(Cl)c(Cl)c2)cc(-c2cccc(CO)c2)c1. The summed E-state index contributed by atoms with van der Waals surface area (Å²) in [5.41, 5.74) is 5.04. The number of hydrogen-bond donors (Lipinski definition) is 2.